The first-order chi connectivity index (χ1) is 9.79. The Labute approximate surface area is 126 Å². The van der Waals surface area contributed by atoms with Crippen LogP contribution >= 0.6 is 15.9 Å². The fraction of sp³-hybridized carbons (Fsp3) is 0.188. The van der Waals surface area contributed by atoms with Gasteiger partial charge in [-0.05, 0) is 39.7 Å². The summed E-state index contributed by atoms with van der Waals surface area (Å²) in [6.45, 7) is 1.57. The molecule has 0 aromatic heterocycles. The monoisotopic (exact) mass is 334 g/mol. The van der Waals surface area contributed by atoms with Crippen LogP contribution < -0.4 is 4.74 Å². The Morgan fingerprint density at radius 2 is 1.85 bits per heavy atom. The number of halogens is 1. The Morgan fingerprint density at radius 3 is 2.55 bits per heavy atom. The second-order valence-electron chi connectivity index (χ2n) is 4.19. The number of rotatable bonds is 7. The second-order valence-corrected chi connectivity index (χ2v) is 5.04. The van der Waals surface area contributed by atoms with E-state index in [1.54, 1.807) is 18.2 Å². The fourth-order valence-electron chi connectivity index (χ4n) is 1.68. The lowest BCUT2D eigenvalue weighted by molar-refractivity contribution is 0.0889. The van der Waals surface area contributed by atoms with Gasteiger partial charge < -0.3 is 9.47 Å². The third kappa shape index (κ3) is 4.47. The molecule has 0 unspecified atom stereocenters. The molecule has 0 aliphatic rings. The molecule has 2 rings (SSSR count). The molecule has 0 aliphatic carbocycles. The Bertz CT molecular complexity index is 555. The summed E-state index contributed by atoms with van der Waals surface area (Å²) in [6, 6.07) is 15.3. The number of benzene rings is 2. The van der Waals surface area contributed by atoms with Crippen LogP contribution in [0, 0.1) is 0 Å². The number of hydrogen-bond acceptors (Lipinski definition) is 3. The van der Waals surface area contributed by atoms with Gasteiger partial charge in [0.2, 0.25) is 0 Å². The molecule has 0 saturated heterocycles. The molecule has 2 aromatic rings. The molecule has 104 valence electrons. The predicted molar refractivity (Wildman–Crippen MR) is 81.1 cm³/mol. The van der Waals surface area contributed by atoms with Crippen molar-refractivity contribution in [3.05, 3.63) is 64.1 Å². The summed E-state index contributed by atoms with van der Waals surface area (Å²) in [5.74, 6) is 0.714. The molecule has 4 heteroatoms. The summed E-state index contributed by atoms with van der Waals surface area (Å²) < 4.78 is 11.8. The zero-order valence-electron chi connectivity index (χ0n) is 10.9. The van der Waals surface area contributed by atoms with E-state index in [9.17, 15) is 4.79 Å². The van der Waals surface area contributed by atoms with Crippen molar-refractivity contribution in [1.29, 1.82) is 0 Å². The minimum atomic E-state index is 0.472. The summed E-state index contributed by atoms with van der Waals surface area (Å²) in [4.78, 5) is 10.7. The fourth-order valence-corrected chi connectivity index (χ4v) is 2.13. The van der Waals surface area contributed by atoms with Crippen molar-refractivity contribution in [3.8, 4) is 5.75 Å². The number of ether oxygens (including phenoxy) is 2. The van der Waals surface area contributed by atoms with Crippen LogP contribution in [0.25, 0.3) is 0 Å². The van der Waals surface area contributed by atoms with Crippen molar-refractivity contribution < 1.29 is 14.3 Å². The zero-order chi connectivity index (χ0) is 14.2. The SMILES string of the molecule is O=Cc1ccc(OCCOCc2ccccc2)cc1Br. The highest BCUT2D eigenvalue weighted by Crippen LogP contribution is 2.21. The summed E-state index contributed by atoms with van der Waals surface area (Å²) in [5, 5.41) is 0. The molecule has 0 N–H and O–H groups in total. The minimum Gasteiger partial charge on any atom is -0.491 e. The van der Waals surface area contributed by atoms with E-state index in [0.717, 1.165) is 16.3 Å². The third-order valence-electron chi connectivity index (χ3n) is 2.71. The molecule has 2 aromatic carbocycles. The van der Waals surface area contributed by atoms with Gasteiger partial charge in [0.25, 0.3) is 0 Å². The average Bonchev–Trinajstić information content (AvgIpc) is 2.48. The number of carbonyl (C=O) groups excluding carboxylic acids is 1. The molecule has 0 fully saturated rings. The van der Waals surface area contributed by atoms with Gasteiger partial charge in [-0.3, -0.25) is 4.79 Å². The van der Waals surface area contributed by atoms with E-state index in [1.165, 1.54) is 0 Å². The first kappa shape index (κ1) is 14.8. The summed E-state index contributed by atoms with van der Waals surface area (Å²) in [7, 11) is 0. The standard InChI is InChI=1S/C16H15BrO3/c17-16-10-15(7-6-14(16)11-18)20-9-8-19-12-13-4-2-1-3-5-13/h1-7,10-11H,8-9,12H2. The van der Waals surface area contributed by atoms with Crippen LogP contribution in [0.5, 0.6) is 5.75 Å². The zero-order valence-corrected chi connectivity index (χ0v) is 12.5. The van der Waals surface area contributed by atoms with Gasteiger partial charge in [0.05, 0.1) is 13.2 Å². The van der Waals surface area contributed by atoms with Crippen molar-refractivity contribution in [3.63, 3.8) is 0 Å². The maximum atomic E-state index is 10.7. The van der Waals surface area contributed by atoms with Crippen LogP contribution in [-0.4, -0.2) is 19.5 Å². The van der Waals surface area contributed by atoms with Crippen LogP contribution in [0.15, 0.2) is 53.0 Å². The van der Waals surface area contributed by atoms with Crippen molar-refractivity contribution >= 4 is 22.2 Å². The van der Waals surface area contributed by atoms with Crippen LogP contribution in [-0.2, 0) is 11.3 Å². The number of carbonyl (C=O) groups is 1. The first-order valence-electron chi connectivity index (χ1n) is 6.29. The van der Waals surface area contributed by atoms with Crippen LogP contribution in [0.4, 0.5) is 0 Å². The smallest absolute Gasteiger partial charge is 0.151 e. The molecular formula is C16H15BrO3. The van der Waals surface area contributed by atoms with Crippen LogP contribution in [0.3, 0.4) is 0 Å². The maximum Gasteiger partial charge on any atom is 0.151 e. The van der Waals surface area contributed by atoms with E-state index in [0.29, 0.717) is 31.1 Å². The molecule has 0 atom stereocenters. The topological polar surface area (TPSA) is 35.5 Å². The van der Waals surface area contributed by atoms with Crippen molar-refractivity contribution in [2.45, 2.75) is 6.61 Å². The van der Waals surface area contributed by atoms with Gasteiger partial charge in [-0.2, -0.15) is 0 Å². The van der Waals surface area contributed by atoms with Crippen LogP contribution in [0.1, 0.15) is 15.9 Å². The second kappa shape index (κ2) is 7.82. The van der Waals surface area contributed by atoms with Gasteiger partial charge in [0, 0.05) is 10.0 Å². The van der Waals surface area contributed by atoms with E-state index in [-0.39, 0.29) is 0 Å². The van der Waals surface area contributed by atoms with Gasteiger partial charge in [-0.25, -0.2) is 0 Å². The Hall–Kier alpha value is -1.65. The molecule has 0 aliphatic heterocycles. The highest BCUT2D eigenvalue weighted by Gasteiger charge is 2.01. The highest BCUT2D eigenvalue weighted by atomic mass is 79.9. The number of hydrogen-bond donors (Lipinski definition) is 0. The quantitative estimate of drug-likeness (QED) is 0.569. The van der Waals surface area contributed by atoms with Gasteiger partial charge >= 0.3 is 0 Å². The Balaban J connectivity index is 1.71. The van der Waals surface area contributed by atoms with E-state index >= 15 is 0 Å². The molecule has 20 heavy (non-hydrogen) atoms. The largest absolute Gasteiger partial charge is 0.491 e. The first-order valence-corrected chi connectivity index (χ1v) is 7.08. The predicted octanol–water partition coefficient (Wildman–Crippen LogP) is 3.86. The normalized spacial score (nSPS) is 10.2. The van der Waals surface area contributed by atoms with Gasteiger partial charge in [-0.1, -0.05) is 30.3 Å². The molecule has 0 heterocycles. The van der Waals surface area contributed by atoms with Crippen molar-refractivity contribution in [2.24, 2.45) is 0 Å². The molecule has 0 radical (unpaired) electrons. The van der Waals surface area contributed by atoms with E-state index in [2.05, 4.69) is 15.9 Å². The summed E-state index contributed by atoms with van der Waals surface area (Å²) >= 11 is 3.32. The molecule has 3 nitrogen and oxygen atoms in total. The lowest BCUT2D eigenvalue weighted by Gasteiger charge is -2.08. The maximum absolute atomic E-state index is 10.7. The van der Waals surface area contributed by atoms with Crippen molar-refractivity contribution in [2.75, 3.05) is 13.2 Å². The molecule has 0 amide bonds. The third-order valence-corrected chi connectivity index (χ3v) is 3.39. The van der Waals surface area contributed by atoms with Gasteiger partial charge in [-0.15, -0.1) is 0 Å². The minimum absolute atomic E-state index is 0.472. The van der Waals surface area contributed by atoms with E-state index in [1.807, 2.05) is 30.3 Å². The van der Waals surface area contributed by atoms with E-state index < -0.39 is 0 Å². The molecule has 0 bridgehead atoms. The van der Waals surface area contributed by atoms with Crippen molar-refractivity contribution in [1.82, 2.24) is 0 Å². The Morgan fingerprint density at radius 1 is 1.05 bits per heavy atom. The molecule has 0 spiro atoms. The molecule has 0 saturated carbocycles. The summed E-state index contributed by atoms with van der Waals surface area (Å²) in [5.41, 5.74) is 1.75. The van der Waals surface area contributed by atoms with Gasteiger partial charge in [0.15, 0.2) is 6.29 Å². The lowest BCUT2D eigenvalue weighted by atomic mass is 10.2. The highest BCUT2D eigenvalue weighted by molar-refractivity contribution is 9.10. The lowest BCUT2D eigenvalue weighted by Crippen LogP contribution is -2.06. The summed E-state index contributed by atoms with van der Waals surface area (Å²) in [6.07, 6.45) is 0.802. The Kier molecular flexibility index (Phi) is 5.77. The van der Waals surface area contributed by atoms with E-state index in [4.69, 9.17) is 9.47 Å². The average molecular weight is 335 g/mol. The van der Waals surface area contributed by atoms with Gasteiger partial charge in [0.1, 0.15) is 12.4 Å². The van der Waals surface area contributed by atoms with Crippen LogP contribution in [0.2, 0.25) is 0 Å². The number of aldehydes is 1. The molecular weight excluding hydrogens is 320 g/mol.